The van der Waals surface area contributed by atoms with Gasteiger partial charge in [-0.1, -0.05) is 30.7 Å². The second-order valence-electron chi connectivity index (χ2n) is 5.95. The fraction of sp³-hybridized carbons (Fsp3) is 0.316. The van der Waals surface area contributed by atoms with Gasteiger partial charge in [-0.15, -0.1) is 0 Å². The summed E-state index contributed by atoms with van der Waals surface area (Å²) in [4.78, 5) is 0. The number of allylic oxidation sites excluding steroid dienone is 2. The third kappa shape index (κ3) is 1.98. The molecule has 1 aliphatic heterocycles. The summed E-state index contributed by atoms with van der Waals surface area (Å²) < 4.78 is 2.48. The summed E-state index contributed by atoms with van der Waals surface area (Å²) in [6.07, 6.45) is 3.48. The van der Waals surface area contributed by atoms with Crippen molar-refractivity contribution in [2.24, 2.45) is 0 Å². The van der Waals surface area contributed by atoms with Crippen molar-refractivity contribution in [3.63, 3.8) is 0 Å². The molecule has 0 saturated carbocycles. The predicted octanol–water partition coefficient (Wildman–Crippen LogP) is 4.97. The Morgan fingerprint density at radius 1 is 1.20 bits per heavy atom. The van der Waals surface area contributed by atoms with Crippen molar-refractivity contribution in [2.75, 3.05) is 6.54 Å². The Bertz CT molecular complexity index is 744. The van der Waals surface area contributed by atoms with E-state index >= 15 is 0 Å². The SMILES string of the molecule is CCC[N+]1=C(C=C(C)C)c2cccc3cc(C)cc1c23. The van der Waals surface area contributed by atoms with Crippen LogP contribution in [0, 0.1) is 6.92 Å². The number of rotatable bonds is 3. The molecule has 20 heavy (non-hydrogen) atoms. The highest BCUT2D eigenvalue weighted by molar-refractivity contribution is 6.19. The van der Waals surface area contributed by atoms with Crippen LogP contribution in [-0.2, 0) is 0 Å². The molecule has 0 spiro atoms. The summed E-state index contributed by atoms with van der Waals surface area (Å²) in [7, 11) is 0. The molecule has 0 N–H and O–H groups in total. The molecule has 1 nitrogen and oxygen atoms in total. The molecule has 0 atom stereocenters. The number of aryl methyl sites for hydroxylation is 1. The maximum Gasteiger partial charge on any atom is 0.214 e. The standard InChI is InChI=1S/C19H22N/c1-5-9-20-17(10-13(2)3)16-8-6-7-15-11-14(4)12-18(20)19(15)16/h6-8,10-12H,5,9H2,1-4H3/q+1. The van der Waals surface area contributed by atoms with E-state index in [9.17, 15) is 0 Å². The van der Waals surface area contributed by atoms with Crippen LogP contribution in [0.15, 0.2) is 42.0 Å². The zero-order valence-corrected chi connectivity index (χ0v) is 12.8. The average Bonchev–Trinajstić information content (AvgIpc) is 2.66. The fourth-order valence-corrected chi connectivity index (χ4v) is 3.15. The van der Waals surface area contributed by atoms with E-state index in [1.165, 1.54) is 38.9 Å². The highest BCUT2D eigenvalue weighted by Crippen LogP contribution is 2.36. The molecular formula is C19H22N+. The molecule has 0 bridgehead atoms. The summed E-state index contributed by atoms with van der Waals surface area (Å²) in [5.74, 6) is 0. The number of benzene rings is 2. The Hall–Kier alpha value is -1.89. The summed E-state index contributed by atoms with van der Waals surface area (Å²) in [5, 5.41) is 2.77. The summed E-state index contributed by atoms with van der Waals surface area (Å²) in [6.45, 7) is 9.85. The topological polar surface area (TPSA) is 3.01 Å². The molecule has 1 heteroatoms. The van der Waals surface area contributed by atoms with Gasteiger partial charge in [-0.3, -0.25) is 0 Å². The van der Waals surface area contributed by atoms with Crippen LogP contribution < -0.4 is 0 Å². The van der Waals surface area contributed by atoms with Gasteiger partial charge in [-0.05, 0) is 37.8 Å². The van der Waals surface area contributed by atoms with Crippen LogP contribution in [0.25, 0.3) is 10.8 Å². The van der Waals surface area contributed by atoms with Crippen molar-refractivity contribution < 1.29 is 4.58 Å². The van der Waals surface area contributed by atoms with Gasteiger partial charge >= 0.3 is 0 Å². The Labute approximate surface area is 121 Å². The number of hydrogen-bond acceptors (Lipinski definition) is 0. The average molecular weight is 264 g/mol. The predicted molar refractivity (Wildman–Crippen MR) is 87.3 cm³/mol. The van der Waals surface area contributed by atoms with Crippen molar-refractivity contribution in [3.8, 4) is 0 Å². The van der Waals surface area contributed by atoms with Gasteiger partial charge in [0.05, 0.1) is 10.9 Å². The molecule has 0 aliphatic carbocycles. The molecule has 3 rings (SSSR count). The third-order valence-electron chi connectivity index (χ3n) is 3.83. The molecule has 0 aromatic heterocycles. The lowest BCUT2D eigenvalue weighted by atomic mass is 10.00. The van der Waals surface area contributed by atoms with Gasteiger partial charge in [-0.25, -0.2) is 0 Å². The highest BCUT2D eigenvalue weighted by atomic mass is 15.0. The highest BCUT2D eigenvalue weighted by Gasteiger charge is 2.30. The summed E-state index contributed by atoms with van der Waals surface area (Å²) in [6, 6.07) is 11.3. The van der Waals surface area contributed by atoms with E-state index in [1.54, 1.807) is 0 Å². The minimum Gasteiger partial charge on any atom is -0.191 e. The van der Waals surface area contributed by atoms with E-state index in [1.807, 2.05) is 0 Å². The van der Waals surface area contributed by atoms with E-state index < -0.39 is 0 Å². The molecule has 0 fully saturated rings. The Morgan fingerprint density at radius 2 is 2.00 bits per heavy atom. The summed E-state index contributed by atoms with van der Waals surface area (Å²) >= 11 is 0. The molecule has 2 aromatic carbocycles. The largest absolute Gasteiger partial charge is 0.214 e. The van der Waals surface area contributed by atoms with Crippen LogP contribution in [0.4, 0.5) is 5.69 Å². The van der Waals surface area contributed by atoms with Gasteiger partial charge in [0.2, 0.25) is 11.4 Å². The van der Waals surface area contributed by atoms with Gasteiger partial charge in [0.15, 0.2) is 0 Å². The van der Waals surface area contributed by atoms with E-state index in [-0.39, 0.29) is 0 Å². The Balaban J connectivity index is 2.37. The van der Waals surface area contributed by atoms with Gasteiger partial charge < -0.3 is 0 Å². The first-order valence-electron chi connectivity index (χ1n) is 7.45. The van der Waals surface area contributed by atoms with Gasteiger partial charge in [-0.2, -0.15) is 4.58 Å². The minimum atomic E-state index is 1.08. The second-order valence-corrected chi connectivity index (χ2v) is 5.95. The minimum absolute atomic E-state index is 1.08. The van der Waals surface area contributed by atoms with Gasteiger partial charge in [0, 0.05) is 18.6 Å². The summed E-state index contributed by atoms with van der Waals surface area (Å²) in [5.41, 5.74) is 6.81. The third-order valence-corrected chi connectivity index (χ3v) is 3.83. The molecule has 1 heterocycles. The van der Waals surface area contributed by atoms with Crippen LogP contribution in [0.2, 0.25) is 0 Å². The molecule has 1 aliphatic rings. The van der Waals surface area contributed by atoms with Crippen molar-refractivity contribution in [1.82, 2.24) is 0 Å². The van der Waals surface area contributed by atoms with E-state index in [0.717, 1.165) is 13.0 Å². The molecular weight excluding hydrogens is 242 g/mol. The quantitative estimate of drug-likeness (QED) is 0.688. The first kappa shape index (κ1) is 13.1. The first-order chi connectivity index (χ1) is 9.61. The van der Waals surface area contributed by atoms with Gasteiger partial charge in [0.1, 0.15) is 6.54 Å². The van der Waals surface area contributed by atoms with Crippen LogP contribution in [0.3, 0.4) is 0 Å². The van der Waals surface area contributed by atoms with E-state index in [2.05, 4.69) is 68.7 Å². The molecule has 0 amide bonds. The first-order valence-corrected chi connectivity index (χ1v) is 7.45. The number of hydrogen-bond donors (Lipinski definition) is 0. The van der Waals surface area contributed by atoms with E-state index in [0.29, 0.717) is 0 Å². The molecule has 0 unspecified atom stereocenters. The van der Waals surface area contributed by atoms with Gasteiger partial charge in [0.25, 0.3) is 0 Å². The van der Waals surface area contributed by atoms with Crippen molar-refractivity contribution in [2.45, 2.75) is 34.1 Å². The van der Waals surface area contributed by atoms with Crippen LogP contribution in [0.5, 0.6) is 0 Å². The maximum atomic E-state index is 2.48. The van der Waals surface area contributed by atoms with Crippen molar-refractivity contribution >= 4 is 22.2 Å². The Kier molecular flexibility index (Phi) is 3.21. The smallest absolute Gasteiger partial charge is 0.191 e. The van der Waals surface area contributed by atoms with Crippen LogP contribution in [-0.4, -0.2) is 16.8 Å². The zero-order valence-electron chi connectivity index (χ0n) is 12.8. The molecule has 0 saturated heterocycles. The van der Waals surface area contributed by atoms with Crippen LogP contribution in [0.1, 0.15) is 38.3 Å². The monoisotopic (exact) mass is 264 g/mol. The fourth-order valence-electron chi connectivity index (χ4n) is 3.15. The van der Waals surface area contributed by atoms with Crippen molar-refractivity contribution in [3.05, 3.63) is 53.1 Å². The lowest BCUT2D eigenvalue weighted by Gasteiger charge is -2.02. The van der Waals surface area contributed by atoms with E-state index in [4.69, 9.17) is 0 Å². The normalized spacial score (nSPS) is 13.2. The maximum absolute atomic E-state index is 2.48. The zero-order chi connectivity index (χ0) is 14.3. The molecule has 102 valence electrons. The lowest BCUT2D eigenvalue weighted by Crippen LogP contribution is -2.13. The molecule has 0 radical (unpaired) electrons. The lowest BCUT2D eigenvalue weighted by molar-refractivity contribution is -0.435. The Morgan fingerprint density at radius 3 is 2.70 bits per heavy atom. The number of nitrogens with zero attached hydrogens (tertiary/aromatic N) is 1. The molecule has 2 aromatic rings. The second kappa shape index (κ2) is 4.90. The van der Waals surface area contributed by atoms with Crippen molar-refractivity contribution in [1.29, 1.82) is 0 Å². The van der Waals surface area contributed by atoms with Crippen LogP contribution >= 0.6 is 0 Å².